The Kier molecular flexibility index (Phi) is 1.93. The minimum Gasteiger partial charge on any atom is -0.299 e. The van der Waals surface area contributed by atoms with Crippen LogP contribution in [0.1, 0.15) is 0 Å². The zero-order valence-corrected chi connectivity index (χ0v) is 9.77. The molecule has 0 unspecified atom stereocenters. The first-order valence-corrected chi connectivity index (χ1v) is 5.87. The molecule has 2 aromatic carbocycles. The molecule has 4 aromatic rings. The number of hydrogen-bond acceptors (Lipinski definition) is 1. The Labute approximate surface area is 106 Å². The molecule has 19 heavy (non-hydrogen) atoms. The summed E-state index contributed by atoms with van der Waals surface area (Å²) in [5.41, 5.74) is 1.39. The van der Waals surface area contributed by atoms with Crippen LogP contribution in [0, 0.1) is 11.6 Å². The average molecular weight is 254 g/mol. The Hall–Kier alpha value is -2.49. The summed E-state index contributed by atoms with van der Waals surface area (Å²) in [6.45, 7) is 0. The molecule has 4 rings (SSSR count). The highest BCUT2D eigenvalue weighted by molar-refractivity contribution is 6.11. The Morgan fingerprint density at radius 3 is 2.42 bits per heavy atom. The van der Waals surface area contributed by atoms with E-state index in [9.17, 15) is 8.78 Å². The summed E-state index contributed by atoms with van der Waals surface area (Å²) < 4.78 is 28.7. The molecule has 0 amide bonds. The molecule has 0 spiro atoms. The van der Waals surface area contributed by atoms with Crippen LogP contribution in [-0.2, 0) is 0 Å². The van der Waals surface area contributed by atoms with Crippen LogP contribution in [0.3, 0.4) is 0 Å². The molecular formula is C15H8F2N2. The summed E-state index contributed by atoms with van der Waals surface area (Å²) in [4.78, 5) is 4.27. The molecule has 0 bridgehead atoms. The molecule has 0 saturated heterocycles. The number of rotatable bonds is 0. The van der Waals surface area contributed by atoms with E-state index >= 15 is 0 Å². The molecule has 0 fully saturated rings. The normalized spacial score (nSPS) is 11.7. The van der Waals surface area contributed by atoms with Gasteiger partial charge in [0.05, 0.1) is 5.52 Å². The summed E-state index contributed by atoms with van der Waals surface area (Å²) in [5.74, 6) is -0.632. The number of pyridine rings is 1. The van der Waals surface area contributed by atoms with E-state index in [0.29, 0.717) is 11.2 Å². The third-order valence-electron chi connectivity index (χ3n) is 3.37. The number of imidazole rings is 1. The first-order valence-electron chi connectivity index (χ1n) is 5.87. The lowest BCUT2D eigenvalue weighted by Crippen LogP contribution is -1.92. The summed E-state index contributed by atoms with van der Waals surface area (Å²) in [6, 6.07) is 9.07. The second kappa shape index (κ2) is 3.51. The van der Waals surface area contributed by atoms with Gasteiger partial charge in [-0.15, -0.1) is 0 Å². The van der Waals surface area contributed by atoms with Crippen molar-refractivity contribution in [2.45, 2.75) is 0 Å². The highest BCUT2D eigenvalue weighted by Gasteiger charge is 2.10. The van der Waals surface area contributed by atoms with Gasteiger partial charge in [-0.05, 0) is 41.8 Å². The standard InChI is InChI=1S/C15H8F2N2/c16-9-2-4-12-13(7-9)11-3-1-10(17)8-14(11)19-6-5-18-15(12)19/h1-8H. The van der Waals surface area contributed by atoms with Crippen LogP contribution in [-0.4, -0.2) is 9.38 Å². The quantitative estimate of drug-likeness (QED) is 0.435. The summed E-state index contributed by atoms with van der Waals surface area (Å²) >= 11 is 0. The molecule has 4 heteroatoms. The second-order valence-electron chi connectivity index (χ2n) is 4.47. The van der Waals surface area contributed by atoms with Gasteiger partial charge >= 0.3 is 0 Å². The van der Waals surface area contributed by atoms with Gasteiger partial charge in [0, 0.05) is 23.2 Å². The van der Waals surface area contributed by atoms with Crippen molar-refractivity contribution in [3.05, 3.63) is 60.4 Å². The fraction of sp³-hybridized carbons (Fsp3) is 0. The van der Waals surface area contributed by atoms with Crippen LogP contribution in [0.2, 0.25) is 0 Å². The van der Waals surface area contributed by atoms with Crippen molar-refractivity contribution < 1.29 is 8.78 Å². The van der Waals surface area contributed by atoms with E-state index < -0.39 is 0 Å². The number of aromatic nitrogens is 2. The number of fused-ring (bicyclic) bond motifs is 6. The van der Waals surface area contributed by atoms with E-state index in [1.807, 2.05) is 4.40 Å². The molecule has 0 aliphatic heterocycles. The van der Waals surface area contributed by atoms with E-state index in [1.165, 1.54) is 24.3 Å². The number of nitrogens with zero attached hydrogens (tertiary/aromatic N) is 2. The van der Waals surface area contributed by atoms with Crippen LogP contribution in [0.15, 0.2) is 48.8 Å². The molecule has 2 aromatic heterocycles. The number of hydrogen-bond donors (Lipinski definition) is 0. The molecule has 2 nitrogen and oxygen atoms in total. The maximum Gasteiger partial charge on any atom is 0.145 e. The van der Waals surface area contributed by atoms with Crippen LogP contribution < -0.4 is 0 Å². The van der Waals surface area contributed by atoms with E-state index in [-0.39, 0.29) is 11.6 Å². The summed E-state index contributed by atoms with van der Waals surface area (Å²) in [6.07, 6.45) is 3.43. The Morgan fingerprint density at radius 2 is 1.58 bits per heavy atom. The van der Waals surface area contributed by atoms with Crippen LogP contribution >= 0.6 is 0 Å². The van der Waals surface area contributed by atoms with E-state index in [1.54, 1.807) is 24.5 Å². The molecule has 0 aliphatic carbocycles. The third kappa shape index (κ3) is 1.37. The van der Waals surface area contributed by atoms with Gasteiger partial charge in [-0.2, -0.15) is 0 Å². The summed E-state index contributed by atoms with van der Waals surface area (Å²) in [5, 5.41) is 2.40. The fourth-order valence-electron chi connectivity index (χ4n) is 2.56. The highest BCUT2D eigenvalue weighted by Crippen LogP contribution is 2.29. The first kappa shape index (κ1) is 10.4. The van der Waals surface area contributed by atoms with Gasteiger partial charge in [0.25, 0.3) is 0 Å². The second-order valence-corrected chi connectivity index (χ2v) is 4.47. The van der Waals surface area contributed by atoms with Gasteiger partial charge in [-0.1, -0.05) is 0 Å². The Morgan fingerprint density at radius 1 is 0.842 bits per heavy atom. The van der Waals surface area contributed by atoms with Crippen molar-refractivity contribution in [2.75, 3.05) is 0 Å². The monoisotopic (exact) mass is 254 g/mol. The molecule has 0 atom stereocenters. The smallest absolute Gasteiger partial charge is 0.145 e. The zero-order chi connectivity index (χ0) is 13.0. The van der Waals surface area contributed by atoms with Crippen molar-refractivity contribution in [1.29, 1.82) is 0 Å². The Balaban J connectivity index is 2.40. The minimum absolute atomic E-state index is 0.311. The largest absolute Gasteiger partial charge is 0.299 e. The molecule has 0 aliphatic rings. The number of halogens is 2. The third-order valence-corrected chi connectivity index (χ3v) is 3.37. The van der Waals surface area contributed by atoms with Crippen molar-refractivity contribution >= 4 is 27.3 Å². The van der Waals surface area contributed by atoms with Gasteiger partial charge in [0.15, 0.2) is 0 Å². The van der Waals surface area contributed by atoms with Crippen molar-refractivity contribution in [1.82, 2.24) is 9.38 Å². The van der Waals surface area contributed by atoms with Crippen molar-refractivity contribution in [3.8, 4) is 0 Å². The van der Waals surface area contributed by atoms with Gasteiger partial charge in [0.2, 0.25) is 0 Å². The van der Waals surface area contributed by atoms with Gasteiger partial charge < -0.3 is 0 Å². The molecule has 2 heterocycles. The van der Waals surface area contributed by atoms with Gasteiger partial charge in [-0.25, -0.2) is 13.8 Å². The maximum absolute atomic E-state index is 13.5. The first-order chi connectivity index (χ1) is 9.24. The lowest BCUT2D eigenvalue weighted by Gasteiger charge is -2.08. The fourth-order valence-corrected chi connectivity index (χ4v) is 2.56. The predicted molar refractivity (Wildman–Crippen MR) is 70.1 cm³/mol. The highest BCUT2D eigenvalue weighted by atomic mass is 19.1. The van der Waals surface area contributed by atoms with Crippen LogP contribution in [0.25, 0.3) is 27.3 Å². The van der Waals surface area contributed by atoms with E-state index in [0.717, 1.165) is 16.2 Å². The van der Waals surface area contributed by atoms with Crippen molar-refractivity contribution in [3.63, 3.8) is 0 Å². The lowest BCUT2D eigenvalue weighted by atomic mass is 10.1. The molecule has 0 saturated carbocycles. The SMILES string of the molecule is Fc1ccc2c(c1)c1ccc(F)cc1n1ccnc21. The molecule has 0 radical (unpaired) electrons. The Bertz CT molecular complexity index is 941. The molecule has 92 valence electrons. The van der Waals surface area contributed by atoms with Crippen LogP contribution in [0.5, 0.6) is 0 Å². The number of benzene rings is 2. The van der Waals surface area contributed by atoms with E-state index in [4.69, 9.17) is 0 Å². The van der Waals surface area contributed by atoms with Gasteiger partial charge in [0.1, 0.15) is 17.3 Å². The van der Waals surface area contributed by atoms with Crippen molar-refractivity contribution in [2.24, 2.45) is 0 Å². The topological polar surface area (TPSA) is 17.3 Å². The maximum atomic E-state index is 13.5. The molecule has 0 N–H and O–H groups in total. The summed E-state index contributed by atoms with van der Waals surface area (Å²) in [7, 11) is 0. The van der Waals surface area contributed by atoms with Crippen LogP contribution in [0.4, 0.5) is 8.78 Å². The lowest BCUT2D eigenvalue weighted by molar-refractivity contribution is 0.629. The molecular weight excluding hydrogens is 246 g/mol. The minimum atomic E-state index is -0.321. The van der Waals surface area contributed by atoms with Gasteiger partial charge in [-0.3, -0.25) is 4.40 Å². The zero-order valence-electron chi connectivity index (χ0n) is 9.77. The predicted octanol–water partition coefficient (Wildman–Crippen LogP) is 3.92. The average Bonchev–Trinajstić information content (AvgIpc) is 2.88. The van der Waals surface area contributed by atoms with E-state index in [2.05, 4.69) is 4.98 Å².